The first-order valence-electron chi connectivity index (χ1n) is 15.0. The average Bonchev–Trinajstić information content (AvgIpc) is 3.45. The molecule has 244 valence electrons. The van der Waals surface area contributed by atoms with Crippen LogP contribution in [-0.2, 0) is 33.5 Å². The van der Waals surface area contributed by atoms with Crippen LogP contribution in [0.5, 0.6) is 0 Å². The summed E-state index contributed by atoms with van der Waals surface area (Å²) in [6.45, 7) is 12.3. The molecular formula is C29H49N5O9. The lowest BCUT2D eigenvalue weighted by atomic mass is 9.99. The summed E-state index contributed by atoms with van der Waals surface area (Å²) >= 11 is 0. The SMILES string of the molecule is CCCC(NC(=O)C1CCCN1C(=O)[C@@H](NC(=O)OCC(C)C)C(C)C)C(=O)C(=O)NCC(=O)N[C@H](C(=O)O)[C@H](C)CC. The van der Waals surface area contributed by atoms with Crippen LogP contribution in [0.3, 0.4) is 0 Å². The summed E-state index contributed by atoms with van der Waals surface area (Å²) in [6, 6.07) is -4.18. The number of carbonyl (C=O) groups is 7. The van der Waals surface area contributed by atoms with Gasteiger partial charge in [0.05, 0.1) is 19.2 Å². The van der Waals surface area contributed by atoms with Crippen molar-refractivity contribution in [3.63, 3.8) is 0 Å². The maximum absolute atomic E-state index is 13.4. The molecule has 5 atom stereocenters. The Kier molecular flexibility index (Phi) is 15.7. The van der Waals surface area contributed by atoms with Gasteiger partial charge in [0.2, 0.25) is 23.5 Å². The standard InChI is InChI=1S/C29H49N5O9/c1-8-11-19(24(36)26(38)30-14-21(35)32-23(28(40)41)18(7)9-2)31-25(37)20-12-10-13-34(20)27(39)22(17(5)6)33-29(42)43-15-16(3)4/h16-20,22-23H,8-15H2,1-7H3,(H,30,38)(H,31,37)(H,32,35)(H,33,42)(H,40,41)/t18-,19?,20?,22+,23+/m1/s1. The van der Waals surface area contributed by atoms with E-state index in [0.717, 1.165) is 0 Å². The zero-order valence-electron chi connectivity index (χ0n) is 26.4. The minimum atomic E-state index is -1.21. The number of rotatable bonds is 17. The highest BCUT2D eigenvalue weighted by Crippen LogP contribution is 2.21. The van der Waals surface area contributed by atoms with Crippen LogP contribution >= 0.6 is 0 Å². The first-order chi connectivity index (χ1) is 20.1. The predicted molar refractivity (Wildman–Crippen MR) is 157 cm³/mol. The molecule has 0 aromatic carbocycles. The number of carboxylic acids is 1. The van der Waals surface area contributed by atoms with Crippen LogP contribution in [0.25, 0.3) is 0 Å². The van der Waals surface area contributed by atoms with Gasteiger partial charge in [0, 0.05) is 6.54 Å². The molecule has 1 aliphatic heterocycles. The van der Waals surface area contributed by atoms with E-state index in [-0.39, 0.29) is 37.3 Å². The Morgan fingerprint density at radius 1 is 0.930 bits per heavy atom. The number of nitrogens with one attached hydrogen (secondary N) is 4. The normalized spacial score (nSPS) is 17.4. The third-order valence-corrected chi connectivity index (χ3v) is 7.23. The summed E-state index contributed by atoms with van der Waals surface area (Å²) in [5, 5.41) is 19.1. The number of ether oxygens (including phenoxy) is 1. The molecule has 0 aliphatic carbocycles. The fraction of sp³-hybridized carbons (Fsp3) is 0.759. The van der Waals surface area contributed by atoms with E-state index in [1.165, 1.54) is 4.90 Å². The number of likely N-dealkylation sites (tertiary alicyclic amines) is 1. The van der Waals surface area contributed by atoms with Crippen molar-refractivity contribution < 1.29 is 43.4 Å². The third kappa shape index (κ3) is 11.8. The Morgan fingerprint density at radius 2 is 1.58 bits per heavy atom. The summed E-state index contributed by atoms with van der Waals surface area (Å²) in [7, 11) is 0. The fourth-order valence-electron chi connectivity index (χ4n) is 4.55. The lowest BCUT2D eigenvalue weighted by Gasteiger charge is -2.31. The average molecular weight is 612 g/mol. The van der Waals surface area contributed by atoms with Gasteiger partial charge in [0.15, 0.2) is 0 Å². The van der Waals surface area contributed by atoms with E-state index >= 15 is 0 Å². The second kappa shape index (κ2) is 18.1. The van der Waals surface area contributed by atoms with Gasteiger partial charge >= 0.3 is 12.1 Å². The largest absolute Gasteiger partial charge is 0.480 e. The quantitative estimate of drug-likeness (QED) is 0.149. The van der Waals surface area contributed by atoms with Crippen molar-refractivity contribution in [2.45, 2.75) is 105 Å². The van der Waals surface area contributed by atoms with E-state index in [0.29, 0.717) is 25.7 Å². The number of hydrogen-bond donors (Lipinski definition) is 5. The number of aliphatic carboxylic acids is 1. The summed E-state index contributed by atoms with van der Waals surface area (Å²) < 4.78 is 5.15. The maximum atomic E-state index is 13.4. The van der Waals surface area contributed by atoms with Crippen LogP contribution in [0, 0.1) is 17.8 Å². The summed E-state index contributed by atoms with van der Waals surface area (Å²) in [4.78, 5) is 89.6. The molecule has 0 radical (unpaired) electrons. The number of nitrogens with zero attached hydrogens (tertiary/aromatic N) is 1. The van der Waals surface area contributed by atoms with Gasteiger partial charge in [-0.1, -0.05) is 61.3 Å². The van der Waals surface area contributed by atoms with Crippen LogP contribution in [0.4, 0.5) is 4.79 Å². The highest BCUT2D eigenvalue weighted by atomic mass is 16.5. The molecule has 14 nitrogen and oxygen atoms in total. The molecule has 5 N–H and O–H groups in total. The van der Waals surface area contributed by atoms with Crippen LogP contribution in [0.1, 0.15) is 80.6 Å². The van der Waals surface area contributed by atoms with Gasteiger partial charge in [-0.3, -0.25) is 24.0 Å². The molecule has 1 heterocycles. The molecule has 0 saturated carbocycles. The van der Waals surface area contributed by atoms with Crippen LogP contribution in [0.15, 0.2) is 0 Å². The number of carbonyl (C=O) groups excluding carboxylic acids is 6. The Morgan fingerprint density at radius 3 is 2.12 bits per heavy atom. The number of Topliss-reactive ketones (excluding diaryl/α,β-unsaturated/α-hetero) is 1. The summed E-state index contributed by atoms with van der Waals surface area (Å²) in [5.74, 6) is -5.65. The molecule has 0 aromatic heterocycles. The van der Waals surface area contributed by atoms with Crippen molar-refractivity contribution in [3.8, 4) is 0 Å². The van der Waals surface area contributed by atoms with Gasteiger partial charge in [-0.05, 0) is 37.0 Å². The van der Waals surface area contributed by atoms with Gasteiger partial charge < -0.3 is 36.0 Å². The molecule has 1 saturated heterocycles. The Hall–Kier alpha value is -3.71. The molecule has 0 spiro atoms. The van der Waals surface area contributed by atoms with Gasteiger partial charge in [0.1, 0.15) is 18.1 Å². The molecule has 0 bridgehead atoms. The third-order valence-electron chi connectivity index (χ3n) is 7.23. The van der Waals surface area contributed by atoms with Crippen molar-refractivity contribution in [2.24, 2.45) is 17.8 Å². The fourth-order valence-corrected chi connectivity index (χ4v) is 4.55. The van der Waals surface area contributed by atoms with Gasteiger partial charge in [0.25, 0.3) is 5.91 Å². The first kappa shape index (κ1) is 37.3. The lowest BCUT2D eigenvalue weighted by Crippen LogP contribution is -2.57. The highest BCUT2D eigenvalue weighted by Gasteiger charge is 2.40. The number of amides is 5. The van der Waals surface area contributed by atoms with Crippen LogP contribution < -0.4 is 21.3 Å². The number of ketones is 1. The lowest BCUT2D eigenvalue weighted by molar-refractivity contribution is -0.144. The van der Waals surface area contributed by atoms with E-state index in [1.807, 2.05) is 13.8 Å². The number of carboxylic acid groups (broad SMARTS) is 1. The predicted octanol–water partition coefficient (Wildman–Crippen LogP) is 0.970. The molecule has 5 amide bonds. The molecule has 14 heteroatoms. The van der Waals surface area contributed by atoms with Crippen LogP contribution in [0.2, 0.25) is 0 Å². The molecular weight excluding hydrogens is 562 g/mol. The van der Waals surface area contributed by atoms with Crippen molar-refractivity contribution in [3.05, 3.63) is 0 Å². The summed E-state index contributed by atoms with van der Waals surface area (Å²) in [5.41, 5.74) is 0. The van der Waals surface area contributed by atoms with E-state index in [9.17, 15) is 38.7 Å². The molecule has 1 fully saturated rings. The maximum Gasteiger partial charge on any atom is 0.407 e. The number of hydrogen-bond acceptors (Lipinski definition) is 8. The van der Waals surface area contributed by atoms with E-state index in [4.69, 9.17) is 4.74 Å². The molecule has 0 aromatic rings. The highest BCUT2D eigenvalue weighted by molar-refractivity contribution is 6.38. The van der Waals surface area contributed by atoms with Gasteiger partial charge in [-0.2, -0.15) is 0 Å². The van der Waals surface area contributed by atoms with Crippen molar-refractivity contribution in [1.29, 1.82) is 0 Å². The van der Waals surface area contributed by atoms with Crippen molar-refractivity contribution >= 4 is 41.5 Å². The second-order valence-corrected chi connectivity index (χ2v) is 11.7. The Bertz CT molecular complexity index is 1020. The summed E-state index contributed by atoms with van der Waals surface area (Å²) in [6.07, 6.45) is 1.22. The minimum Gasteiger partial charge on any atom is -0.480 e. The van der Waals surface area contributed by atoms with E-state index in [2.05, 4.69) is 21.3 Å². The van der Waals surface area contributed by atoms with Crippen molar-refractivity contribution in [2.75, 3.05) is 19.7 Å². The molecule has 1 rings (SSSR count). The van der Waals surface area contributed by atoms with E-state index < -0.39 is 72.2 Å². The monoisotopic (exact) mass is 611 g/mol. The Labute approximate surface area is 253 Å². The topological polar surface area (TPSA) is 200 Å². The number of alkyl carbamates (subject to hydrolysis) is 1. The van der Waals surface area contributed by atoms with Gasteiger partial charge in [-0.15, -0.1) is 0 Å². The smallest absolute Gasteiger partial charge is 0.407 e. The zero-order valence-corrected chi connectivity index (χ0v) is 26.4. The van der Waals surface area contributed by atoms with E-state index in [1.54, 1.807) is 34.6 Å². The van der Waals surface area contributed by atoms with Crippen molar-refractivity contribution in [1.82, 2.24) is 26.2 Å². The van der Waals surface area contributed by atoms with Gasteiger partial charge in [-0.25, -0.2) is 9.59 Å². The Balaban J connectivity index is 2.87. The van der Waals surface area contributed by atoms with Crippen LogP contribution in [-0.4, -0.2) is 95.3 Å². The second-order valence-electron chi connectivity index (χ2n) is 11.7. The molecule has 43 heavy (non-hydrogen) atoms. The molecule has 1 aliphatic rings. The zero-order chi connectivity index (χ0) is 32.9. The minimum absolute atomic E-state index is 0.113. The molecule has 2 unspecified atom stereocenters. The first-order valence-corrected chi connectivity index (χ1v) is 15.0.